The van der Waals surface area contributed by atoms with E-state index in [1.165, 1.54) is 17.7 Å². The van der Waals surface area contributed by atoms with Crippen molar-refractivity contribution < 1.29 is 9.63 Å². The van der Waals surface area contributed by atoms with E-state index in [9.17, 15) is 4.79 Å². The number of hydroxylamine groups is 1. The van der Waals surface area contributed by atoms with E-state index in [0.29, 0.717) is 6.42 Å². The van der Waals surface area contributed by atoms with Crippen LogP contribution in [0.25, 0.3) is 0 Å². The lowest BCUT2D eigenvalue weighted by molar-refractivity contribution is -0.123. The van der Waals surface area contributed by atoms with Gasteiger partial charge in [0.25, 0.3) is 5.91 Å². The summed E-state index contributed by atoms with van der Waals surface area (Å²) in [6, 6.07) is 6.17. The van der Waals surface area contributed by atoms with Crippen molar-refractivity contribution in [2.45, 2.75) is 26.2 Å². The fourth-order valence-electron chi connectivity index (χ4n) is 1.96. The van der Waals surface area contributed by atoms with E-state index in [1.807, 2.05) is 12.1 Å². The van der Waals surface area contributed by atoms with E-state index in [2.05, 4.69) is 13.0 Å². The molecule has 2 rings (SSSR count). The first-order valence-electron chi connectivity index (χ1n) is 5.25. The molecule has 1 heterocycles. The van der Waals surface area contributed by atoms with Gasteiger partial charge in [0.1, 0.15) is 0 Å². The third-order valence-corrected chi connectivity index (χ3v) is 2.66. The maximum Gasteiger partial charge on any atom is 0.255 e. The molecule has 1 aliphatic rings. The molecular weight excluding hydrogens is 190 g/mol. The van der Waals surface area contributed by atoms with Gasteiger partial charge in [-0.05, 0) is 23.6 Å². The van der Waals surface area contributed by atoms with Crippen molar-refractivity contribution in [1.82, 2.24) is 0 Å². The van der Waals surface area contributed by atoms with Crippen molar-refractivity contribution in [3.8, 4) is 0 Å². The Kier molecular flexibility index (Phi) is 2.73. The number of anilines is 1. The van der Waals surface area contributed by atoms with Gasteiger partial charge in [0, 0.05) is 0 Å². The smallest absolute Gasteiger partial charge is 0.255 e. The molecule has 80 valence electrons. The van der Waals surface area contributed by atoms with E-state index in [1.54, 1.807) is 0 Å². The monoisotopic (exact) mass is 205 g/mol. The summed E-state index contributed by atoms with van der Waals surface area (Å²) in [4.78, 5) is 16.6. The predicted octanol–water partition coefficient (Wildman–Crippen LogP) is 2.09. The number of amides is 1. The quantitative estimate of drug-likeness (QED) is 0.756. The highest BCUT2D eigenvalue weighted by atomic mass is 16.7. The van der Waals surface area contributed by atoms with E-state index < -0.39 is 0 Å². The van der Waals surface area contributed by atoms with Crippen molar-refractivity contribution in [2.75, 3.05) is 12.2 Å². The van der Waals surface area contributed by atoms with Crippen LogP contribution in [0, 0.1) is 0 Å². The van der Waals surface area contributed by atoms with E-state index in [-0.39, 0.29) is 5.91 Å². The average Bonchev–Trinajstić information content (AvgIpc) is 2.53. The molecule has 1 aliphatic heterocycles. The number of rotatable bonds is 3. The molecule has 0 aromatic heterocycles. The molecule has 0 atom stereocenters. The van der Waals surface area contributed by atoms with Gasteiger partial charge in [-0.1, -0.05) is 25.5 Å². The molecule has 0 unspecified atom stereocenters. The van der Waals surface area contributed by atoms with Gasteiger partial charge < -0.3 is 0 Å². The van der Waals surface area contributed by atoms with Crippen LogP contribution < -0.4 is 5.06 Å². The first-order valence-corrected chi connectivity index (χ1v) is 5.25. The number of carbonyl (C=O) groups is 1. The Hall–Kier alpha value is -1.35. The van der Waals surface area contributed by atoms with Crippen molar-refractivity contribution in [2.24, 2.45) is 0 Å². The number of hydrogen-bond donors (Lipinski definition) is 0. The molecule has 1 aromatic rings. The molecular formula is C12H15NO2. The first-order chi connectivity index (χ1) is 7.26. The van der Waals surface area contributed by atoms with Crippen LogP contribution in [0.3, 0.4) is 0 Å². The van der Waals surface area contributed by atoms with Crippen LogP contribution in [0.5, 0.6) is 0 Å². The van der Waals surface area contributed by atoms with Gasteiger partial charge in [0.05, 0.1) is 19.2 Å². The van der Waals surface area contributed by atoms with Crippen LogP contribution in [0.15, 0.2) is 18.2 Å². The molecule has 0 bridgehead atoms. The average molecular weight is 205 g/mol. The topological polar surface area (TPSA) is 29.5 Å². The Balaban J connectivity index is 2.35. The molecule has 3 nitrogen and oxygen atoms in total. The van der Waals surface area contributed by atoms with Crippen LogP contribution in [0.1, 0.15) is 24.5 Å². The highest BCUT2D eigenvalue weighted by molar-refractivity contribution is 5.99. The Morgan fingerprint density at radius 2 is 2.27 bits per heavy atom. The summed E-state index contributed by atoms with van der Waals surface area (Å²) in [6.45, 7) is 2.15. The van der Waals surface area contributed by atoms with Crippen LogP contribution >= 0.6 is 0 Å². The minimum absolute atomic E-state index is 0.0150. The highest BCUT2D eigenvalue weighted by Crippen LogP contribution is 2.30. The van der Waals surface area contributed by atoms with Crippen molar-refractivity contribution in [1.29, 1.82) is 0 Å². The second-order valence-electron chi connectivity index (χ2n) is 3.76. The maximum atomic E-state index is 11.5. The molecule has 0 aliphatic carbocycles. The van der Waals surface area contributed by atoms with Crippen LogP contribution in [0.2, 0.25) is 0 Å². The number of carbonyl (C=O) groups excluding carboxylic acids is 1. The standard InChI is InChI=1S/C12H15NO2/c1-3-4-9-5-6-10-8-12(14)13(15-2)11(10)7-9/h5-7H,3-4,8H2,1-2H3. The van der Waals surface area contributed by atoms with E-state index in [0.717, 1.165) is 24.1 Å². The highest BCUT2D eigenvalue weighted by Gasteiger charge is 2.27. The molecule has 0 fully saturated rings. The van der Waals surface area contributed by atoms with Crippen LogP contribution in [-0.4, -0.2) is 13.0 Å². The molecule has 1 aromatic carbocycles. The lowest BCUT2D eigenvalue weighted by atomic mass is 10.1. The summed E-state index contributed by atoms with van der Waals surface area (Å²) in [7, 11) is 1.53. The third-order valence-electron chi connectivity index (χ3n) is 2.66. The molecule has 0 N–H and O–H groups in total. The van der Waals surface area contributed by atoms with Gasteiger partial charge in [-0.15, -0.1) is 0 Å². The molecule has 0 saturated carbocycles. The lowest BCUT2D eigenvalue weighted by Gasteiger charge is -2.14. The second-order valence-corrected chi connectivity index (χ2v) is 3.76. The van der Waals surface area contributed by atoms with Gasteiger partial charge in [-0.2, -0.15) is 5.06 Å². The SMILES string of the molecule is CCCc1ccc2c(c1)N(OC)C(=O)C2. The normalized spacial score (nSPS) is 14.5. The predicted molar refractivity (Wildman–Crippen MR) is 58.6 cm³/mol. The Bertz CT molecular complexity index is 387. The summed E-state index contributed by atoms with van der Waals surface area (Å²) in [5, 5.41) is 1.38. The number of benzene rings is 1. The molecule has 0 saturated heterocycles. The molecule has 15 heavy (non-hydrogen) atoms. The van der Waals surface area contributed by atoms with E-state index >= 15 is 0 Å². The Labute approximate surface area is 89.6 Å². The van der Waals surface area contributed by atoms with Crippen molar-refractivity contribution in [3.05, 3.63) is 29.3 Å². The largest absolute Gasteiger partial charge is 0.272 e. The zero-order valence-corrected chi connectivity index (χ0v) is 9.12. The molecule has 3 heteroatoms. The minimum atomic E-state index is 0.0150. The number of nitrogens with zero attached hydrogens (tertiary/aromatic N) is 1. The van der Waals surface area contributed by atoms with Crippen LogP contribution in [0.4, 0.5) is 5.69 Å². The number of hydrogen-bond acceptors (Lipinski definition) is 2. The van der Waals surface area contributed by atoms with Crippen LogP contribution in [-0.2, 0) is 22.5 Å². The fraction of sp³-hybridized carbons (Fsp3) is 0.417. The third kappa shape index (κ3) is 1.75. The number of aryl methyl sites for hydroxylation is 1. The van der Waals surface area contributed by atoms with E-state index in [4.69, 9.17) is 4.84 Å². The maximum absolute atomic E-state index is 11.5. The van der Waals surface area contributed by atoms with Gasteiger partial charge in [-0.3, -0.25) is 9.63 Å². The summed E-state index contributed by atoms with van der Waals surface area (Å²) >= 11 is 0. The Morgan fingerprint density at radius 3 is 2.93 bits per heavy atom. The molecule has 0 radical (unpaired) electrons. The zero-order valence-electron chi connectivity index (χ0n) is 9.12. The first kappa shape index (κ1) is 10.2. The fourth-order valence-corrected chi connectivity index (χ4v) is 1.96. The Morgan fingerprint density at radius 1 is 1.47 bits per heavy atom. The van der Waals surface area contributed by atoms with Gasteiger partial charge in [0.2, 0.25) is 0 Å². The summed E-state index contributed by atoms with van der Waals surface area (Å²) in [6.07, 6.45) is 2.61. The lowest BCUT2D eigenvalue weighted by Crippen LogP contribution is -2.25. The molecule has 0 spiro atoms. The number of fused-ring (bicyclic) bond motifs is 1. The summed E-state index contributed by atoms with van der Waals surface area (Å²) in [5.41, 5.74) is 3.23. The van der Waals surface area contributed by atoms with Gasteiger partial charge in [0.15, 0.2) is 0 Å². The van der Waals surface area contributed by atoms with Gasteiger partial charge in [-0.25, -0.2) is 0 Å². The summed E-state index contributed by atoms with van der Waals surface area (Å²) in [5.74, 6) is 0.0150. The second kappa shape index (κ2) is 4.03. The van der Waals surface area contributed by atoms with Crippen molar-refractivity contribution >= 4 is 11.6 Å². The van der Waals surface area contributed by atoms with Gasteiger partial charge >= 0.3 is 0 Å². The zero-order chi connectivity index (χ0) is 10.8. The minimum Gasteiger partial charge on any atom is -0.272 e. The van der Waals surface area contributed by atoms with Crippen molar-refractivity contribution in [3.63, 3.8) is 0 Å². The summed E-state index contributed by atoms with van der Waals surface area (Å²) < 4.78 is 0. The molecule has 1 amide bonds.